The maximum Gasteiger partial charge on any atom is 0.238 e. The molecule has 2 heterocycles. The van der Waals surface area contributed by atoms with Gasteiger partial charge in [-0.05, 0) is 37.5 Å². The van der Waals surface area contributed by atoms with Gasteiger partial charge in [0.2, 0.25) is 5.91 Å². The fourth-order valence-electron chi connectivity index (χ4n) is 3.19. The second-order valence-electron chi connectivity index (χ2n) is 5.99. The summed E-state index contributed by atoms with van der Waals surface area (Å²) in [5.41, 5.74) is 0.687. The van der Waals surface area contributed by atoms with Crippen LogP contribution in [-0.2, 0) is 4.79 Å². The lowest BCUT2D eigenvalue weighted by atomic mass is 10.0. The molecule has 0 bridgehead atoms. The highest BCUT2D eigenvalue weighted by Crippen LogP contribution is 2.26. The van der Waals surface area contributed by atoms with Crippen LogP contribution in [0.2, 0.25) is 5.02 Å². The summed E-state index contributed by atoms with van der Waals surface area (Å²) in [6.45, 7) is 2.69. The average molecular weight is 326 g/mol. The van der Waals surface area contributed by atoms with E-state index in [1.165, 1.54) is 18.6 Å². The highest BCUT2D eigenvalue weighted by Gasteiger charge is 2.30. The van der Waals surface area contributed by atoms with Crippen LogP contribution in [0.1, 0.15) is 32.1 Å². The molecule has 2 aliphatic rings. The summed E-state index contributed by atoms with van der Waals surface area (Å²) in [6, 6.07) is 4.34. The van der Waals surface area contributed by atoms with Crippen LogP contribution in [-0.4, -0.2) is 41.6 Å². The first kappa shape index (κ1) is 15.6. The van der Waals surface area contributed by atoms with Gasteiger partial charge in [0.1, 0.15) is 5.82 Å². The van der Waals surface area contributed by atoms with E-state index in [1.54, 1.807) is 6.07 Å². The number of hydrogen-bond acceptors (Lipinski definition) is 3. The highest BCUT2D eigenvalue weighted by atomic mass is 35.5. The lowest BCUT2D eigenvalue weighted by Crippen LogP contribution is -2.53. The van der Waals surface area contributed by atoms with E-state index >= 15 is 0 Å². The van der Waals surface area contributed by atoms with Crippen molar-refractivity contribution < 1.29 is 9.18 Å². The SMILES string of the molecule is O=C1CC(Nc2ccc(F)cc2Cl)CCN1N1CCCCC1. The Morgan fingerprint density at radius 2 is 1.95 bits per heavy atom. The number of hydrogen-bond donors (Lipinski definition) is 1. The molecule has 4 nitrogen and oxygen atoms in total. The molecular weight excluding hydrogens is 305 g/mol. The number of piperidine rings is 2. The van der Waals surface area contributed by atoms with Crippen molar-refractivity contribution in [2.24, 2.45) is 0 Å². The highest BCUT2D eigenvalue weighted by molar-refractivity contribution is 6.33. The zero-order valence-corrected chi connectivity index (χ0v) is 13.3. The van der Waals surface area contributed by atoms with E-state index < -0.39 is 0 Å². The van der Waals surface area contributed by atoms with E-state index in [4.69, 9.17) is 11.6 Å². The Balaban J connectivity index is 1.59. The monoisotopic (exact) mass is 325 g/mol. The average Bonchev–Trinajstić information content (AvgIpc) is 2.51. The number of rotatable bonds is 3. The van der Waals surface area contributed by atoms with Gasteiger partial charge in [0, 0.05) is 32.1 Å². The minimum absolute atomic E-state index is 0.0523. The van der Waals surface area contributed by atoms with Gasteiger partial charge in [0.15, 0.2) is 0 Å². The van der Waals surface area contributed by atoms with Gasteiger partial charge < -0.3 is 5.32 Å². The standard InChI is InChI=1S/C16H21ClFN3O/c17-14-10-12(18)4-5-15(14)19-13-6-9-21(16(22)11-13)20-7-2-1-3-8-20/h4-5,10,13,19H,1-3,6-9,11H2. The molecular formula is C16H21ClFN3O. The van der Waals surface area contributed by atoms with Crippen LogP contribution < -0.4 is 5.32 Å². The lowest BCUT2D eigenvalue weighted by molar-refractivity contribution is -0.154. The summed E-state index contributed by atoms with van der Waals surface area (Å²) >= 11 is 6.03. The van der Waals surface area contributed by atoms with Gasteiger partial charge in [0.05, 0.1) is 10.7 Å². The first-order valence-electron chi connectivity index (χ1n) is 7.90. The lowest BCUT2D eigenvalue weighted by Gasteiger charge is -2.41. The Bertz CT molecular complexity index is 548. The molecule has 1 aromatic carbocycles. The molecule has 1 N–H and O–H groups in total. The molecule has 1 unspecified atom stereocenters. The van der Waals surface area contributed by atoms with Crippen LogP contribution in [0.3, 0.4) is 0 Å². The molecule has 0 aromatic heterocycles. The van der Waals surface area contributed by atoms with Crippen LogP contribution in [0.25, 0.3) is 0 Å². The molecule has 0 radical (unpaired) electrons. The fourth-order valence-corrected chi connectivity index (χ4v) is 3.41. The summed E-state index contributed by atoms with van der Waals surface area (Å²) < 4.78 is 13.1. The number of carbonyl (C=O) groups is 1. The molecule has 3 rings (SSSR count). The molecule has 22 heavy (non-hydrogen) atoms. The van der Waals surface area contributed by atoms with Crippen LogP contribution >= 0.6 is 11.6 Å². The molecule has 0 aliphatic carbocycles. The van der Waals surface area contributed by atoms with Gasteiger partial charge in [-0.25, -0.2) is 9.40 Å². The Morgan fingerprint density at radius 1 is 1.18 bits per heavy atom. The first-order valence-corrected chi connectivity index (χ1v) is 8.28. The number of amides is 1. The third-order valence-corrected chi connectivity index (χ3v) is 4.68. The van der Waals surface area contributed by atoms with E-state index in [1.807, 2.05) is 5.01 Å². The predicted octanol–water partition coefficient (Wildman–Crippen LogP) is 3.28. The Hall–Kier alpha value is -1.33. The van der Waals surface area contributed by atoms with Gasteiger partial charge in [0.25, 0.3) is 0 Å². The second-order valence-corrected chi connectivity index (χ2v) is 6.40. The molecule has 0 saturated carbocycles. The van der Waals surface area contributed by atoms with Crippen molar-refractivity contribution in [3.05, 3.63) is 29.0 Å². The summed E-state index contributed by atoms with van der Waals surface area (Å²) in [5, 5.41) is 7.71. The molecule has 6 heteroatoms. The first-order chi connectivity index (χ1) is 10.6. The third-order valence-electron chi connectivity index (χ3n) is 4.36. The van der Waals surface area contributed by atoms with Crippen LogP contribution in [0.15, 0.2) is 18.2 Å². The van der Waals surface area contributed by atoms with Gasteiger partial charge in [-0.1, -0.05) is 18.0 Å². The van der Waals surface area contributed by atoms with E-state index in [-0.39, 0.29) is 17.8 Å². The van der Waals surface area contributed by atoms with E-state index in [0.29, 0.717) is 17.1 Å². The van der Waals surface area contributed by atoms with E-state index in [0.717, 1.165) is 38.9 Å². The second kappa shape index (κ2) is 6.84. The molecule has 2 aliphatic heterocycles. The van der Waals surface area contributed by atoms with Crippen molar-refractivity contribution in [1.82, 2.24) is 10.0 Å². The van der Waals surface area contributed by atoms with Gasteiger partial charge >= 0.3 is 0 Å². The Labute approximate surface area is 135 Å². The number of nitrogens with one attached hydrogen (secondary N) is 1. The normalized spacial score (nSPS) is 23.6. The zero-order chi connectivity index (χ0) is 15.5. The topological polar surface area (TPSA) is 35.6 Å². The minimum Gasteiger partial charge on any atom is -0.381 e. The number of benzene rings is 1. The van der Waals surface area contributed by atoms with E-state index in [2.05, 4.69) is 10.3 Å². The summed E-state index contributed by atoms with van der Waals surface area (Å²) in [5.74, 6) is -0.199. The quantitative estimate of drug-likeness (QED) is 0.926. The molecule has 1 aromatic rings. The van der Waals surface area contributed by atoms with Gasteiger partial charge in [-0.2, -0.15) is 0 Å². The smallest absolute Gasteiger partial charge is 0.238 e. The molecule has 2 saturated heterocycles. The van der Waals surface area contributed by atoms with Crippen molar-refractivity contribution >= 4 is 23.2 Å². The van der Waals surface area contributed by atoms with Crippen molar-refractivity contribution in [1.29, 1.82) is 0 Å². The molecule has 2 fully saturated rings. The van der Waals surface area contributed by atoms with Crippen molar-refractivity contribution in [3.63, 3.8) is 0 Å². The Kier molecular flexibility index (Phi) is 4.84. The number of nitrogens with zero attached hydrogens (tertiary/aromatic N) is 2. The van der Waals surface area contributed by atoms with Crippen LogP contribution in [0.4, 0.5) is 10.1 Å². The van der Waals surface area contributed by atoms with Gasteiger partial charge in [-0.15, -0.1) is 0 Å². The van der Waals surface area contributed by atoms with Crippen molar-refractivity contribution in [2.75, 3.05) is 25.0 Å². The number of carbonyl (C=O) groups excluding carboxylic acids is 1. The maximum atomic E-state index is 13.1. The van der Waals surface area contributed by atoms with Gasteiger partial charge in [-0.3, -0.25) is 9.80 Å². The number of halogens is 2. The van der Waals surface area contributed by atoms with Crippen LogP contribution in [0, 0.1) is 5.82 Å². The Morgan fingerprint density at radius 3 is 2.64 bits per heavy atom. The molecule has 0 spiro atoms. The number of hydrazine groups is 1. The molecule has 120 valence electrons. The van der Waals surface area contributed by atoms with Crippen LogP contribution in [0.5, 0.6) is 0 Å². The third kappa shape index (κ3) is 3.52. The zero-order valence-electron chi connectivity index (χ0n) is 12.5. The summed E-state index contributed by atoms with van der Waals surface area (Å²) in [6.07, 6.45) is 4.90. The van der Waals surface area contributed by atoms with E-state index in [9.17, 15) is 9.18 Å². The molecule has 1 atom stereocenters. The fraction of sp³-hybridized carbons (Fsp3) is 0.562. The summed E-state index contributed by atoms with van der Waals surface area (Å²) in [7, 11) is 0. The van der Waals surface area contributed by atoms with Crippen molar-refractivity contribution in [3.8, 4) is 0 Å². The van der Waals surface area contributed by atoms with Crippen molar-refractivity contribution in [2.45, 2.75) is 38.1 Å². The largest absolute Gasteiger partial charge is 0.381 e. The summed E-state index contributed by atoms with van der Waals surface area (Å²) in [4.78, 5) is 12.4. The maximum absolute atomic E-state index is 13.1. The molecule has 1 amide bonds. The minimum atomic E-state index is -0.355. The predicted molar refractivity (Wildman–Crippen MR) is 85.2 cm³/mol. The number of anilines is 1.